The second-order valence-corrected chi connectivity index (χ2v) is 12.0. The molecule has 1 N–H and O–H groups in total. The van der Waals surface area contributed by atoms with Crippen molar-refractivity contribution in [2.45, 2.75) is 206 Å². The first kappa shape index (κ1) is 38.2. The number of rotatable bonds is 32. The molecule has 0 aliphatic rings. The van der Waals surface area contributed by atoms with Gasteiger partial charge in [-0.25, -0.2) is 0 Å². The second-order valence-electron chi connectivity index (χ2n) is 12.0. The van der Waals surface area contributed by atoms with Crippen LogP contribution in [0, 0.1) is 0 Å². The van der Waals surface area contributed by atoms with Gasteiger partial charge < -0.3 is 9.84 Å². The minimum atomic E-state index is -0.156. The van der Waals surface area contributed by atoms with Gasteiger partial charge in [0.1, 0.15) is 0 Å². The molecule has 39 heavy (non-hydrogen) atoms. The van der Waals surface area contributed by atoms with Gasteiger partial charge in [-0.3, -0.25) is 4.79 Å². The van der Waals surface area contributed by atoms with Crippen LogP contribution >= 0.6 is 0 Å². The maximum atomic E-state index is 11.9. The molecule has 3 nitrogen and oxygen atoms in total. The van der Waals surface area contributed by atoms with E-state index >= 15 is 0 Å². The van der Waals surface area contributed by atoms with Crippen molar-refractivity contribution in [1.82, 2.24) is 0 Å². The summed E-state index contributed by atoms with van der Waals surface area (Å²) >= 11 is 0. The molecule has 0 heterocycles. The fourth-order valence-corrected chi connectivity index (χ4v) is 5.27. The number of hydrogen-bond donors (Lipinski definition) is 1. The zero-order valence-corrected chi connectivity index (χ0v) is 26.7. The second kappa shape index (κ2) is 33.4. The third-order valence-electron chi connectivity index (χ3n) is 7.98. The Balaban J connectivity index is 3.24. The molecule has 0 aliphatic heterocycles. The lowest BCUT2D eigenvalue weighted by atomic mass is 10.0. The van der Waals surface area contributed by atoms with Crippen LogP contribution in [0.3, 0.4) is 0 Å². The Kier molecular flexibility index (Phi) is 32.7. The van der Waals surface area contributed by atoms with Crippen molar-refractivity contribution in [3.8, 4) is 0 Å². The summed E-state index contributed by atoms with van der Waals surface area (Å²) in [5, 5.41) is 9.98. The molecule has 0 aromatic heterocycles. The van der Waals surface area contributed by atoms with E-state index in [1.54, 1.807) is 0 Å². The Morgan fingerprint density at radius 1 is 0.564 bits per heavy atom. The van der Waals surface area contributed by atoms with Gasteiger partial charge in [-0.05, 0) is 38.5 Å². The van der Waals surface area contributed by atoms with Crippen molar-refractivity contribution >= 4 is 5.97 Å². The van der Waals surface area contributed by atoms with E-state index < -0.39 is 0 Å². The summed E-state index contributed by atoms with van der Waals surface area (Å²) in [6, 6.07) is 0. The molecule has 0 fully saturated rings. The third kappa shape index (κ3) is 33.3. The molecule has 0 aromatic rings. The molecule has 0 saturated carbocycles. The lowest BCUT2D eigenvalue weighted by molar-refractivity contribution is -0.143. The van der Waals surface area contributed by atoms with Crippen molar-refractivity contribution in [1.29, 1.82) is 0 Å². The molecular formula is C36H70O3. The largest absolute Gasteiger partial charge is 0.466 e. The minimum Gasteiger partial charge on any atom is -0.466 e. The maximum absolute atomic E-state index is 11.9. The third-order valence-corrected chi connectivity index (χ3v) is 7.98. The maximum Gasteiger partial charge on any atom is 0.305 e. The lowest BCUT2D eigenvalue weighted by Gasteiger charge is -2.07. The average Bonchev–Trinajstić information content (AvgIpc) is 2.93. The number of aliphatic hydroxyl groups excluding tert-OH is 1. The van der Waals surface area contributed by atoms with Crippen molar-refractivity contribution in [3.63, 3.8) is 0 Å². The highest BCUT2D eigenvalue weighted by molar-refractivity contribution is 5.69. The highest BCUT2D eigenvalue weighted by Crippen LogP contribution is 2.14. The van der Waals surface area contributed by atoms with E-state index in [-0.39, 0.29) is 12.1 Å². The summed E-state index contributed by atoms with van der Waals surface area (Å²) in [5.41, 5.74) is 0. The summed E-state index contributed by atoms with van der Waals surface area (Å²) < 4.78 is 5.42. The van der Waals surface area contributed by atoms with Gasteiger partial charge in [0, 0.05) is 6.42 Å². The van der Waals surface area contributed by atoms with E-state index in [4.69, 9.17) is 4.74 Å². The Hall–Kier alpha value is -0.830. The SMILES string of the molecule is CCCCCCCCCCCCCCCCCC(=O)OCCCCCCCC/C=C\C[C@H](O)CCCCCC. The number of esters is 1. The van der Waals surface area contributed by atoms with Gasteiger partial charge in [0.05, 0.1) is 12.7 Å². The lowest BCUT2D eigenvalue weighted by Crippen LogP contribution is -2.05. The highest BCUT2D eigenvalue weighted by atomic mass is 16.5. The van der Waals surface area contributed by atoms with E-state index in [0.717, 1.165) is 44.9 Å². The zero-order chi connectivity index (χ0) is 28.5. The van der Waals surface area contributed by atoms with Crippen LogP contribution in [0.5, 0.6) is 0 Å². The molecule has 232 valence electrons. The summed E-state index contributed by atoms with van der Waals surface area (Å²) in [6.07, 6.45) is 40.1. The van der Waals surface area contributed by atoms with Crippen molar-refractivity contribution < 1.29 is 14.6 Å². The molecule has 0 bridgehead atoms. The van der Waals surface area contributed by atoms with Gasteiger partial charge in [0.2, 0.25) is 0 Å². The number of carbonyl (C=O) groups excluding carboxylic acids is 1. The van der Waals surface area contributed by atoms with Crippen molar-refractivity contribution in [2.75, 3.05) is 6.61 Å². The molecular weight excluding hydrogens is 480 g/mol. The van der Waals surface area contributed by atoms with Gasteiger partial charge >= 0.3 is 5.97 Å². The molecule has 0 rings (SSSR count). The van der Waals surface area contributed by atoms with Crippen LogP contribution in [0.25, 0.3) is 0 Å². The fraction of sp³-hybridized carbons (Fsp3) is 0.917. The quantitative estimate of drug-likeness (QED) is 0.0514. The van der Waals surface area contributed by atoms with Crippen molar-refractivity contribution in [3.05, 3.63) is 12.2 Å². The summed E-state index contributed by atoms with van der Waals surface area (Å²) in [4.78, 5) is 11.9. The van der Waals surface area contributed by atoms with Crippen molar-refractivity contribution in [2.24, 2.45) is 0 Å². The monoisotopic (exact) mass is 551 g/mol. The first-order valence-corrected chi connectivity index (χ1v) is 17.7. The molecule has 0 saturated heterocycles. The Morgan fingerprint density at radius 2 is 1.00 bits per heavy atom. The number of hydrogen-bond acceptors (Lipinski definition) is 3. The van der Waals surface area contributed by atoms with E-state index in [0.29, 0.717) is 13.0 Å². The van der Waals surface area contributed by atoms with Crippen LogP contribution in [0.15, 0.2) is 12.2 Å². The number of unbranched alkanes of at least 4 members (excludes halogenated alkanes) is 23. The number of allylic oxidation sites excluding steroid dienone is 1. The molecule has 3 heteroatoms. The number of ether oxygens (including phenoxy) is 1. The predicted octanol–water partition coefficient (Wildman–Crippen LogP) is 11.8. The summed E-state index contributed by atoms with van der Waals surface area (Å²) in [7, 11) is 0. The first-order valence-electron chi connectivity index (χ1n) is 17.7. The molecule has 1 atom stereocenters. The normalized spacial score (nSPS) is 12.4. The molecule has 0 aromatic carbocycles. The zero-order valence-electron chi connectivity index (χ0n) is 26.7. The Bertz CT molecular complexity index is 502. The van der Waals surface area contributed by atoms with Crippen LogP contribution in [0.1, 0.15) is 200 Å². The standard InChI is InChI=1S/C36H70O3/c1-3-5-7-9-10-11-12-13-14-15-16-19-22-25-29-33-36(38)39-34-30-26-23-20-17-18-21-24-28-32-35(37)31-27-8-6-4-2/h24,28,35,37H,3-23,25-27,29-34H2,1-2H3/b28-24-/t35-/m1/s1. The van der Waals surface area contributed by atoms with Gasteiger partial charge in [0.25, 0.3) is 0 Å². The smallest absolute Gasteiger partial charge is 0.305 e. The molecule has 0 aliphatic carbocycles. The highest BCUT2D eigenvalue weighted by Gasteiger charge is 2.03. The van der Waals surface area contributed by atoms with Crippen LogP contribution in [0.2, 0.25) is 0 Å². The first-order chi connectivity index (χ1) is 19.2. The predicted molar refractivity (Wildman–Crippen MR) is 171 cm³/mol. The number of aliphatic hydroxyl groups is 1. The minimum absolute atomic E-state index is 0.00237. The van der Waals surface area contributed by atoms with Crippen LogP contribution < -0.4 is 0 Å². The topological polar surface area (TPSA) is 46.5 Å². The Morgan fingerprint density at radius 3 is 1.54 bits per heavy atom. The van der Waals surface area contributed by atoms with E-state index in [1.807, 2.05) is 0 Å². The van der Waals surface area contributed by atoms with Gasteiger partial charge in [-0.2, -0.15) is 0 Å². The van der Waals surface area contributed by atoms with E-state index in [2.05, 4.69) is 26.0 Å². The summed E-state index contributed by atoms with van der Waals surface area (Å²) in [5.74, 6) is 0.00237. The van der Waals surface area contributed by atoms with Crippen LogP contribution in [0.4, 0.5) is 0 Å². The van der Waals surface area contributed by atoms with Crippen LogP contribution in [-0.4, -0.2) is 23.8 Å². The molecule has 0 spiro atoms. The average molecular weight is 551 g/mol. The van der Waals surface area contributed by atoms with Gasteiger partial charge in [-0.1, -0.05) is 167 Å². The molecule has 0 amide bonds. The van der Waals surface area contributed by atoms with E-state index in [1.165, 1.54) is 135 Å². The molecule has 0 unspecified atom stereocenters. The Labute approximate surface area is 245 Å². The molecule has 0 radical (unpaired) electrons. The van der Waals surface area contributed by atoms with Gasteiger partial charge in [-0.15, -0.1) is 0 Å². The van der Waals surface area contributed by atoms with E-state index in [9.17, 15) is 9.90 Å². The van der Waals surface area contributed by atoms with Crippen LogP contribution in [-0.2, 0) is 9.53 Å². The fourth-order valence-electron chi connectivity index (χ4n) is 5.27. The number of carbonyl (C=O) groups is 1. The van der Waals surface area contributed by atoms with Gasteiger partial charge in [0.15, 0.2) is 0 Å². The summed E-state index contributed by atoms with van der Waals surface area (Å²) in [6.45, 7) is 5.10.